The molecular weight excluding hydrogens is 311 g/mol. The molecule has 1 aliphatic rings. The number of nitrogens with two attached hydrogens (primary N) is 1. The molecule has 0 bridgehead atoms. The third-order valence-corrected chi connectivity index (χ3v) is 8.01. The number of nitrogens with zero attached hydrogens (tertiary/aromatic N) is 1. The molecule has 1 aliphatic heterocycles. The summed E-state index contributed by atoms with van der Waals surface area (Å²) in [5.41, 5.74) is 5.50. The summed E-state index contributed by atoms with van der Waals surface area (Å²) in [6.07, 6.45) is 4.99. The van der Waals surface area contributed by atoms with Crippen LogP contribution in [0.5, 0.6) is 5.75 Å². The minimum absolute atomic E-state index is 0.353. The molecule has 0 aromatic carbocycles. The van der Waals surface area contributed by atoms with Crippen LogP contribution in [0, 0.1) is 0 Å². The Morgan fingerprint density at radius 3 is 3.06 bits per heavy atom. The maximum atomic E-state index is 11.0. The Balaban J connectivity index is 2.14. The van der Waals surface area contributed by atoms with E-state index in [1.54, 1.807) is 28.1 Å². The van der Waals surface area contributed by atoms with Gasteiger partial charge in [0.25, 0.3) is 0 Å². The Labute approximate surface area is 99.8 Å². The summed E-state index contributed by atoms with van der Waals surface area (Å²) in [5, 5.41) is 9.00. The molecule has 2 heterocycles. The average Bonchev–Trinajstić information content (AvgIpc) is 2.66. The van der Waals surface area contributed by atoms with Gasteiger partial charge in [-0.25, -0.2) is 0 Å². The first-order valence-corrected chi connectivity index (χ1v) is 9.87. The summed E-state index contributed by atoms with van der Waals surface area (Å²) < 4.78 is 7.14. The normalized spacial score (nSPS) is 13.8. The van der Waals surface area contributed by atoms with Crippen LogP contribution in [0.2, 0.25) is 0 Å². The van der Waals surface area contributed by atoms with Crippen LogP contribution in [-0.2, 0) is 0 Å². The number of ether oxygens (including phenoxy) is 1. The molecule has 2 rings (SSSR count). The van der Waals surface area contributed by atoms with Crippen LogP contribution in [0.25, 0.3) is 0 Å². The molecule has 0 unspecified atom stereocenters. The molecule has 80 valence electrons. The van der Waals surface area contributed by atoms with Gasteiger partial charge in [-0.1, -0.05) is 0 Å². The van der Waals surface area contributed by atoms with Crippen molar-refractivity contribution in [2.45, 2.75) is 0 Å². The molecule has 0 aliphatic carbocycles. The minimum atomic E-state index is -2.86. The second-order valence-corrected chi connectivity index (χ2v) is 10.1. The monoisotopic (exact) mass is 320 g/mol. The number of nitrogen functional groups attached to an aromatic ring is 1. The molecule has 1 aromatic heterocycles. The second-order valence-electron chi connectivity index (χ2n) is 3.29. The first-order chi connectivity index (χ1) is 7.66. The third-order valence-electron chi connectivity index (χ3n) is 2.12. The van der Waals surface area contributed by atoms with Crippen molar-refractivity contribution in [1.29, 1.82) is 0 Å². The van der Waals surface area contributed by atoms with Crippen molar-refractivity contribution >= 4 is 31.0 Å². The van der Waals surface area contributed by atoms with E-state index in [1.165, 1.54) is 6.20 Å². The van der Waals surface area contributed by atoms with E-state index in [0.717, 1.165) is 0 Å². The molecule has 3 N–H and O–H groups in total. The topological polar surface area (TPSA) is 85.4 Å². The van der Waals surface area contributed by atoms with Crippen LogP contribution in [0.15, 0.2) is 37.8 Å². The van der Waals surface area contributed by atoms with Gasteiger partial charge in [-0.15, -0.1) is 0 Å². The molecule has 0 spiro atoms. The third kappa shape index (κ3) is 2.38. The molecule has 0 fully saturated rings. The van der Waals surface area contributed by atoms with E-state index in [-0.39, 0.29) is 0 Å². The van der Waals surface area contributed by atoms with Crippen molar-refractivity contribution in [2.24, 2.45) is 0 Å². The van der Waals surface area contributed by atoms with Gasteiger partial charge in [0.2, 0.25) is 0 Å². The van der Waals surface area contributed by atoms with Crippen LogP contribution in [-0.4, -0.2) is 35.3 Å². The fourth-order valence-electron chi connectivity index (χ4n) is 1.39. The molecule has 0 radical (unpaired) electrons. The zero-order valence-electron chi connectivity index (χ0n) is 8.33. The molecule has 0 atom stereocenters. The van der Waals surface area contributed by atoms with Crippen molar-refractivity contribution in [3.05, 3.63) is 37.8 Å². The zero-order valence-corrected chi connectivity index (χ0v) is 11.6. The molecule has 0 amide bonds. The Bertz CT molecular complexity index is 485. The van der Waals surface area contributed by atoms with E-state index < -0.39 is 25.2 Å². The summed E-state index contributed by atoms with van der Waals surface area (Å²) in [4.78, 5) is 14.8. The predicted octanol–water partition coefficient (Wildman–Crippen LogP) is 1.33. The Kier molecular flexibility index (Phi) is 3.19. The molecule has 6 heteroatoms. The number of pyridine rings is 1. The number of hydrogen-bond donors (Lipinski definition) is 2. The van der Waals surface area contributed by atoms with Crippen molar-refractivity contribution in [2.75, 3.05) is 5.73 Å². The summed E-state index contributed by atoms with van der Waals surface area (Å²) in [5.74, 6) is 0.886. The number of hydrogen-bond acceptors (Lipinski definition) is 4. The number of anilines is 1. The molecule has 0 saturated heterocycles. The van der Waals surface area contributed by atoms with Gasteiger partial charge in [-0.2, -0.15) is 0 Å². The first-order valence-electron chi connectivity index (χ1n) is 4.67. The Morgan fingerprint density at radius 1 is 1.56 bits per heavy atom. The van der Waals surface area contributed by atoms with Gasteiger partial charge in [-0.3, -0.25) is 0 Å². The predicted molar refractivity (Wildman–Crippen MR) is 60.3 cm³/mol. The quantitative estimate of drug-likeness (QED) is 0.878. The average molecular weight is 320 g/mol. The van der Waals surface area contributed by atoms with E-state index in [2.05, 4.69) is 4.98 Å². The molecular formula is C10H9InN2O3. The van der Waals surface area contributed by atoms with Crippen LogP contribution in [0.3, 0.4) is 0 Å². The summed E-state index contributed by atoms with van der Waals surface area (Å²) in [6.45, 7) is 0. The van der Waals surface area contributed by atoms with Gasteiger partial charge >= 0.3 is 99.9 Å². The van der Waals surface area contributed by atoms with Crippen LogP contribution >= 0.6 is 0 Å². The Morgan fingerprint density at radius 2 is 2.38 bits per heavy atom. The van der Waals surface area contributed by atoms with Crippen molar-refractivity contribution < 1.29 is 14.6 Å². The Hall–Kier alpha value is -1.43. The number of carboxylic acid groups (broad SMARTS) is 1. The molecule has 1 aromatic rings. The summed E-state index contributed by atoms with van der Waals surface area (Å²) in [6, 6.07) is 3.23. The van der Waals surface area contributed by atoms with Gasteiger partial charge in [0.1, 0.15) is 0 Å². The van der Waals surface area contributed by atoms with Crippen LogP contribution in [0.4, 0.5) is 10.6 Å². The second kappa shape index (κ2) is 4.61. The van der Waals surface area contributed by atoms with E-state index in [0.29, 0.717) is 15.1 Å². The van der Waals surface area contributed by atoms with Crippen molar-refractivity contribution in [1.82, 2.24) is 4.98 Å². The first kappa shape index (κ1) is 11.1. The van der Waals surface area contributed by atoms with Gasteiger partial charge in [0.15, 0.2) is 0 Å². The van der Waals surface area contributed by atoms with Gasteiger partial charge in [-0.05, 0) is 0 Å². The number of allylic oxidation sites excluding steroid dienone is 2. The number of aromatic nitrogens is 1. The summed E-state index contributed by atoms with van der Waals surface area (Å²) >= 11 is -2.86. The molecule has 0 saturated carbocycles. The fourth-order valence-corrected chi connectivity index (χ4v) is 5.71. The molecule has 5 nitrogen and oxygen atoms in total. The van der Waals surface area contributed by atoms with Gasteiger partial charge in [0.05, 0.1) is 0 Å². The van der Waals surface area contributed by atoms with E-state index >= 15 is 0 Å². The van der Waals surface area contributed by atoms with Crippen molar-refractivity contribution in [3.8, 4) is 5.75 Å². The number of carbonyl (C=O) groups is 1. The fraction of sp³-hybridized carbons (Fsp3) is 0. The van der Waals surface area contributed by atoms with E-state index in [1.807, 2.05) is 0 Å². The standard InChI is InChI=1S/C9H8N2O.CHO2.In/c1-2-3-6-12-8-4-5-11-9(10)7-8;2-1-3;/h1-5,7H,(H2,10,11);(H,2,3);. The van der Waals surface area contributed by atoms with Gasteiger partial charge in [0, 0.05) is 0 Å². The molecule has 16 heavy (non-hydrogen) atoms. The van der Waals surface area contributed by atoms with Gasteiger partial charge < -0.3 is 0 Å². The zero-order chi connectivity index (χ0) is 11.5. The number of rotatable bonds is 3. The van der Waals surface area contributed by atoms with Crippen LogP contribution in [0.1, 0.15) is 0 Å². The van der Waals surface area contributed by atoms with Crippen molar-refractivity contribution in [3.63, 3.8) is 0 Å². The van der Waals surface area contributed by atoms with E-state index in [9.17, 15) is 4.79 Å². The summed E-state index contributed by atoms with van der Waals surface area (Å²) in [7, 11) is 0. The van der Waals surface area contributed by atoms with Crippen LogP contribution < -0.4 is 10.5 Å². The van der Waals surface area contributed by atoms with E-state index in [4.69, 9.17) is 15.6 Å². The maximum absolute atomic E-state index is 11.0. The SMILES string of the molecule is Nc1cc(O[C]2=CC=[CH][In]2[C](=O)O)ccn1.